The van der Waals surface area contributed by atoms with Gasteiger partial charge in [0.25, 0.3) is 5.85 Å². The summed E-state index contributed by atoms with van der Waals surface area (Å²) in [7, 11) is 0. The molecule has 0 unspecified atom stereocenters. The van der Waals surface area contributed by atoms with Crippen LogP contribution < -0.4 is 0 Å². The van der Waals surface area contributed by atoms with Crippen molar-refractivity contribution in [1.82, 2.24) is 0 Å². The fourth-order valence-electron chi connectivity index (χ4n) is 0.375. The van der Waals surface area contributed by atoms with Gasteiger partial charge in [-0.2, -0.15) is 0 Å². The van der Waals surface area contributed by atoms with Gasteiger partial charge in [-0.25, -0.2) is 0 Å². The molecule has 0 radical (unpaired) electrons. The van der Waals surface area contributed by atoms with Crippen LogP contribution in [0.2, 0.25) is 0 Å². The van der Waals surface area contributed by atoms with E-state index >= 15 is 0 Å². The lowest BCUT2D eigenvalue weighted by molar-refractivity contribution is 0.592. The monoisotopic (exact) mass is 158 g/mol. The summed E-state index contributed by atoms with van der Waals surface area (Å²) in [4.78, 5) is 0. The Morgan fingerprint density at radius 3 is 1.86 bits per heavy atom. The molecule has 42 valence electrons. The molecule has 0 aromatic heterocycles. The second-order valence-electron chi connectivity index (χ2n) is 1.73. The molecule has 1 aliphatic rings. The molecule has 0 spiro atoms. The summed E-state index contributed by atoms with van der Waals surface area (Å²) in [5, 5.41) is 0. The van der Waals surface area contributed by atoms with E-state index in [4.69, 9.17) is 22.5 Å². The second kappa shape index (κ2) is 1.65. The fourth-order valence-corrected chi connectivity index (χ4v) is 2.30. The Morgan fingerprint density at radius 2 is 1.86 bits per heavy atom. The molecule has 1 fully saturated rings. The van der Waals surface area contributed by atoms with Crippen LogP contribution in [-0.4, -0.2) is 5.66 Å². The summed E-state index contributed by atoms with van der Waals surface area (Å²) >= 11 is 10.5. The largest absolute Gasteiger partial charge is 0.289 e. The molecule has 0 heterocycles. The topological polar surface area (TPSA) is 17.1 Å². The summed E-state index contributed by atoms with van der Waals surface area (Å²) in [6, 6.07) is 0. The number of halogens is 2. The zero-order valence-corrected chi connectivity index (χ0v) is 6.01. The minimum Gasteiger partial charge on any atom is -0.289 e. The van der Waals surface area contributed by atoms with E-state index in [1.807, 2.05) is 0 Å². The van der Waals surface area contributed by atoms with E-state index in [0.717, 1.165) is 12.8 Å². The molecule has 0 aromatic rings. The molecule has 1 aliphatic carbocycles. The normalized spacial score (nSPS) is 22.6. The van der Waals surface area contributed by atoms with Gasteiger partial charge in [-0.05, 0) is 35.3 Å². The molecule has 1 rings (SSSR count). The molecule has 0 atom stereocenters. The van der Waals surface area contributed by atoms with Crippen LogP contribution in [-0.2, 0) is 4.57 Å². The van der Waals surface area contributed by atoms with Gasteiger partial charge < -0.3 is 0 Å². The van der Waals surface area contributed by atoms with Gasteiger partial charge in [0.2, 0.25) is 0 Å². The first-order valence-electron chi connectivity index (χ1n) is 2.10. The van der Waals surface area contributed by atoms with Crippen molar-refractivity contribution in [3.63, 3.8) is 0 Å². The second-order valence-corrected chi connectivity index (χ2v) is 7.00. The Bertz CT molecular complexity index is 114. The SMILES string of the molecule is O=P(Cl)(Cl)C1CC1. The van der Waals surface area contributed by atoms with Crippen molar-refractivity contribution in [2.75, 3.05) is 0 Å². The van der Waals surface area contributed by atoms with Gasteiger partial charge in [-0.1, -0.05) is 0 Å². The van der Waals surface area contributed by atoms with Gasteiger partial charge in [-0.15, -0.1) is 0 Å². The van der Waals surface area contributed by atoms with Crippen LogP contribution in [0.25, 0.3) is 0 Å². The average molecular weight is 159 g/mol. The smallest absolute Gasteiger partial charge is 0.256 e. The number of rotatable bonds is 1. The van der Waals surface area contributed by atoms with Crippen molar-refractivity contribution in [1.29, 1.82) is 0 Å². The quantitative estimate of drug-likeness (QED) is 0.537. The Morgan fingerprint density at radius 1 is 1.43 bits per heavy atom. The Labute approximate surface area is 51.9 Å². The predicted molar refractivity (Wildman–Crippen MR) is 32.3 cm³/mol. The summed E-state index contributed by atoms with van der Waals surface area (Å²) in [6.45, 7) is 0. The highest BCUT2D eigenvalue weighted by molar-refractivity contribution is 8.09. The minimum atomic E-state index is -2.68. The molecular formula is C3H5Cl2OP. The lowest BCUT2D eigenvalue weighted by atomic mass is 11.0. The van der Waals surface area contributed by atoms with Crippen molar-refractivity contribution >= 4 is 28.3 Å². The molecular weight excluding hydrogens is 154 g/mol. The molecule has 4 heteroatoms. The van der Waals surface area contributed by atoms with E-state index in [1.54, 1.807) is 0 Å². The van der Waals surface area contributed by atoms with Crippen molar-refractivity contribution < 1.29 is 4.57 Å². The third-order valence-electron chi connectivity index (χ3n) is 0.972. The first-order valence-corrected chi connectivity index (χ1v) is 5.68. The summed E-state index contributed by atoms with van der Waals surface area (Å²) in [5.74, 6) is -2.68. The maximum Gasteiger partial charge on any atom is 0.256 e. The molecule has 7 heavy (non-hydrogen) atoms. The van der Waals surface area contributed by atoms with E-state index in [-0.39, 0.29) is 5.66 Å². The summed E-state index contributed by atoms with van der Waals surface area (Å²) < 4.78 is 10.5. The Balaban J connectivity index is 2.52. The fraction of sp³-hybridized carbons (Fsp3) is 1.00. The van der Waals surface area contributed by atoms with E-state index in [0.29, 0.717) is 0 Å². The molecule has 0 saturated heterocycles. The summed E-state index contributed by atoms with van der Waals surface area (Å²) in [6.07, 6.45) is 1.90. The third-order valence-corrected chi connectivity index (χ3v) is 3.99. The first-order chi connectivity index (χ1) is 3.11. The van der Waals surface area contributed by atoms with Crippen LogP contribution in [0.3, 0.4) is 0 Å². The van der Waals surface area contributed by atoms with Crippen LogP contribution in [0.5, 0.6) is 0 Å². The summed E-state index contributed by atoms with van der Waals surface area (Å²) in [5.41, 5.74) is 0.135. The Hall–Kier alpha value is 0.810. The van der Waals surface area contributed by atoms with Gasteiger partial charge in [0.1, 0.15) is 0 Å². The van der Waals surface area contributed by atoms with Gasteiger partial charge >= 0.3 is 0 Å². The maximum absolute atomic E-state index is 10.5. The van der Waals surface area contributed by atoms with Crippen LogP contribution in [0.4, 0.5) is 0 Å². The van der Waals surface area contributed by atoms with Crippen LogP contribution in [0.1, 0.15) is 12.8 Å². The van der Waals surface area contributed by atoms with Gasteiger partial charge in [0.15, 0.2) is 0 Å². The van der Waals surface area contributed by atoms with E-state index in [1.165, 1.54) is 0 Å². The van der Waals surface area contributed by atoms with Crippen molar-refractivity contribution in [3.8, 4) is 0 Å². The standard InChI is InChI=1S/C3H5Cl2OP/c4-7(5,6)3-1-2-3/h3H,1-2H2. The van der Waals surface area contributed by atoms with Crippen molar-refractivity contribution in [3.05, 3.63) is 0 Å². The molecule has 0 N–H and O–H groups in total. The van der Waals surface area contributed by atoms with Crippen molar-refractivity contribution in [2.45, 2.75) is 18.5 Å². The van der Waals surface area contributed by atoms with Crippen LogP contribution in [0.15, 0.2) is 0 Å². The van der Waals surface area contributed by atoms with E-state index < -0.39 is 5.85 Å². The molecule has 0 aliphatic heterocycles. The number of hydrogen-bond acceptors (Lipinski definition) is 1. The zero-order valence-electron chi connectivity index (χ0n) is 3.60. The van der Waals surface area contributed by atoms with Gasteiger partial charge in [0, 0.05) is 5.66 Å². The molecule has 0 bridgehead atoms. The van der Waals surface area contributed by atoms with Gasteiger partial charge in [0.05, 0.1) is 0 Å². The predicted octanol–water partition coefficient (Wildman–Crippen LogP) is 2.82. The highest BCUT2D eigenvalue weighted by Crippen LogP contribution is 2.68. The first kappa shape index (κ1) is 5.94. The average Bonchev–Trinajstić information content (AvgIpc) is 1.99. The Kier molecular flexibility index (Phi) is 1.40. The molecule has 1 saturated carbocycles. The number of hydrogen-bond donors (Lipinski definition) is 0. The van der Waals surface area contributed by atoms with Crippen molar-refractivity contribution in [2.24, 2.45) is 0 Å². The molecule has 1 nitrogen and oxygen atoms in total. The lowest BCUT2D eigenvalue weighted by Gasteiger charge is -1.91. The van der Waals surface area contributed by atoms with Crippen LogP contribution >= 0.6 is 28.3 Å². The van der Waals surface area contributed by atoms with Crippen LogP contribution in [0, 0.1) is 0 Å². The third kappa shape index (κ3) is 1.64. The zero-order chi connectivity index (χ0) is 5.49. The highest BCUT2D eigenvalue weighted by Gasteiger charge is 2.37. The lowest BCUT2D eigenvalue weighted by Crippen LogP contribution is -1.66. The maximum atomic E-state index is 10.5. The molecule has 0 aromatic carbocycles. The van der Waals surface area contributed by atoms with E-state index in [2.05, 4.69) is 0 Å². The minimum absolute atomic E-state index is 0.135. The van der Waals surface area contributed by atoms with E-state index in [9.17, 15) is 4.57 Å². The van der Waals surface area contributed by atoms with Gasteiger partial charge in [-0.3, -0.25) is 4.57 Å². The molecule has 0 amide bonds. The highest BCUT2D eigenvalue weighted by atomic mass is 35.9.